The molecular formula is C14H19FO2. The van der Waals surface area contributed by atoms with Crippen LogP contribution < -0.4 is 4.74 Å². The van der Waals surface area contributed by atoms with Gasteiger partial charge in [-0.25, -0.2) is 4.39 Å². The number of rotatable bonds is 3. The van der Waals surface area contributed by atoms with Crippen molar-refractivity contribution in [2.24, 2.45) is 5.92 Å². The largest absolute Gasteiger partial charge is 0.497 e. The first kappa shape index (κ1) is 12.4. The molecule has 0 bridgehead atoms. The van der Waals surface area contributed by atoms with Crippen molar-refractivity contribution in [1.29, 1.82) is 0 Å². The van der Waals surface area contributed by atoms with Gasteiger partial charge in [0, 0.05) is 6.61 Å². The minimum absolute atomic E-state index is 0.141. The van der Waals surface area contributed by atoms with Crippen LogP contribution in [0.5, 0.6) is 5.75 Å². The van der Waals surface area contributed by atoms with E-state index in [-0.39, 0.29) is 18.3 Å². The Bertz CT molecular complexity index is 370. The van der Waals surface area contributed by atoms with E-state index in [2.05, 4.69) is 0 Å². The molecule has 0 atom stereocenters. The Labute approximate surface area is 101 Å². The van der Waals surface area contributed by atoms with E-state index in [1.54, 1.807) is 19.2 Å². The molecule has 1 saturated carbocycles. The smallest absolute Gasteiger partial charge is 0.126 e. The molecule has 0 spiro atoms. The summed E-state index contributed by atoms with van der Waals surface area (Å²) in [4.78, 5) is 0. The van der Waals surface area contributed by atoms with Gasteiger partial charge in [0.05, 0.1) is 7.11 Å². The van der Waals surface area contributed by atoms with Gasteiger partial charge in [0.15, 0.2) is 0 Å². The molecule has 94 valence electrons. The third-order valence-electron chi connectivity index (χ3n) is 3.75. The Kier molecular flexibility index (Phi) is 4.00. The van der Waals surface area contributed by atoms with Gasteiger partial charge in [-0.05, 0) is 61.3 Å². The van der Waals surface area contributed by atoms with Gasteiger partial charge in [0.1, 0.15) is 11.6 Å². The Morgan fingerprint density at radius 1 is 1.29 bits per heavy atom. The summed E-state index contributed by atoms with van der Waals surface area (Å²) in [6.45, 7) is 0.257. The summed E-state index contributed by atoms with van der Waals surface area (Å²) in [6, 6.07) is 4.93. The second-order valence-electron chi connectivity index (χ2n) is 4.79. The first-order chi connectivity index (χ1) is 8.24. The van der Waals surface area contributed by atoms with Gasteiger partial charge in [0.2, 0.25) is 0 Å². The van der Waals surface area contributed by atoms with Gasteiger partial charge < -0.3 is 9.84 Å². The minimum Gasteiger partial charge on any atom is -0.497 e. The van der Waals surface area contributed by atoms with Crippen molar-refractivity contribution in [3.63, 3.8) is 0 Å². The SMILES string of the molecule is COc1ccc(F)c(C2CCC(CO)CC2)c1. The van der Waals surface area contributed by atoms with Gasteiger partial charge in [-0.15, -0.1) is 0 Å². The summed E-state index contributed by atoms with van der Waals surface area (Å²) in [5.41, 5.74) is 0.765. The molecule has 0 radical (unpaired) electrons. The standard InChI is InChI=1S/C14H19FO2/c1-17-12-6-7-14(15)13(8-12)11-4-2-10(9-16)3-5-11/h6-8,10-11,16H,2-5,9H2,1H3. The first-order valence-electron chi connectivity index (χ1n) is 6.19. The van der Waals surface area contributed by atoms with E-state index in [4.69, 9.17) is 9.84 Å². The molecule has 3 heteroatoms. The molecular weight excluding hydrogens is 219 g/mol. The van der Waals surface area contributed by atoms with E-state index in [9.17, 15) is 4.39 Å². The van der Waals surface area contributed by atoms with Crippen molar-refractivity contribution in [3.8, 4) is 5.75 Å². The molecule has 1 fully saturated rings. The van der Waals surface area contributed by atoms with Crippen molar-refractivity contribution in [1.82, 2.24) is 0 Å². The number of halogens is 1. The molecule has 0 aliphatic heterocycles. The second-order valence-corrected chi connectivity index (χ2v) is 4.79. The van der Waals surface area contributed by atoms with Crippen LogP contribution in [0.4, 0.5) is 4.39 Å². The van der Waals surface area contributed by atoms with E-state index >= 15 is 0 Å². The maximum absolute atomic E-state index is 13.8. The minimum atomic E-state index is -0.141. The van der Waals surface area contributed by atoms with Crippen LogP contribution in [0.15, 0.2) is 18.2 Å². The Hall–Kier alpha value is -1.09. The second kappa shape index (κ2) is 5.50. The third-order valence-corrected chi connectivity index (χ3v) is 3.75. The normalized spacial score (nSPS) is 24.6. The highest BCUT2D eigenvalue weighted by atomic mass is 19.1. The summed E-state index contributed by atoms with van der Waals surface area (Å²) >= 11 is 0. The average Bonchev–Trinajstić information content (AvgIpc) is 2.39. The van der Waals surface area contributed by atoms with Gasteiger partial charge in [-0.2, -0.15) is 0 Å². The summed E-state index contributed by atoms with van der Waals surface area (Å²) in [7, 11) is 1.60. The van der Waals surface area contributed by atoms with Crippen LogP contribution in [0, 0.1) is 11.7 Å². The van der Waals surface area contributed by atoms with Gasteiger partial charge >= 0.3 is 0 Å². The average molecular weight is 238 g/mol. The number of aliphatic hydroxyl groups excluding tert-OH is 1. The van der Waals surface area contributed by atoms with Crippen LogP contribution in [0.1, 0.15) is 37.2 Å². The van der Waals surface area contributed by atoms with E-state index in [0.717, 1.165) is 31.2 Å². The molecule has 0 amide bonds. The Morgan fingerprint density at radius 2 is 2.00 bits per heavy atom. The van der Waals surface area contributed by atoms with Crippen LogP contribution in [0.25, 0.3) is 0 Å². The molecule has 1 N–H and O–H groups in total. The molecule has 0 aromatic heterocycles. The number of hydrogen-bond acceptors (Lipinski definition) is 2. The quantitative estimate of drug-likeness (QED) is 0.876. The fourth-order valence-electron chi connectivity index (χ4n) is 2.62. The van der Waals surface area contributed by atoms with Crippen molar-refractivity contribution in [2.45, 2.75) is 31.6 Å². The monoisotopic (exact) mass is 238 g/mol. The summed E-state index contributed by atoms with van der Waals surface area (Å²) in [6.07, 6.45) is 3.88. The lowest BCUT2D eigenvalue weighted by molar-refractivity contribution is 0.181. The highest BCUT2D eigenvalue weighted by molar-refractivity contribution is 5.32. The number of benzene rings is 1. The number of ether oxygens (including phenoxy) is 1. The number of aliphatic hydroxyl groups is 1. The van der Waals surface area contributed by atoms with E-state index in [1.165, 1.54) is 6.07 Å². The number of methoxy groups -OCH3 is 1. The summed E-state index contributed by atoms with van der Waals surface area (Å²) in [5.74, 6) is 1.25. The number of hydrogen-bond donors (Lipinski definition) is 1. The third kappa shape index (κ3) is 2.78. The zero-order valence-electron chi connectivity index (χ0n) is 10.2. The maximum atomic E-state index is 13.8. The highest BCUT2D eigenvalue weighted by Crippen LogP contribution is 2.37. The first-order valence-corrected chi connectivity index (χ1v) is 6.19. The Morgan fingerprint density at radius 3 is 2.59 bits per heavy atom. The van der Waals surface area contributed by atoms with Crippen molar-refractivity contribution >= 4 is 0 Å². The molecule has 2 rings (SSSR count). The fraction of sp³-hybridized carbons (Fsp3) is 0.571. The fourth-order valence-corrected chi connectivity index (χ4v) is 2.62. The van der Waals surface area contributed by atoms with Crippen LogP contribution in [0.3, 0.4) is 0 Å². The molecule has 1 aliphatic carbocycles. The summed E-state index contributed by atoms with van der Waals surface area (Å²) < 4.78 is 18.9. The highest BCUT2D eigenvalue weighted by Gasteiger charge is 2.24. The van der Waals surface area contributed by atoms with Crippen LogP contribution >= 0.6 is 0 Å². The topological polar surface area (TPSA) is 29.5 Å². The molecule has 1 aromatic carbocycles. The van der Waals surface area contributed by atoms with Crippen molar-refractivity contribution in [3.05, 3.63) is 29.6 Å². The van der Waals surface area contributed by atoms with Gasteiger partial charge in [-0.3, -0.25) is 0 Å². The predicted molar refractivity (Wildman–Crippen MR) is 64.7 cm³/mol. The molecule has 0 unspecified atom stereocenters. The lowest BCUT2D eigenvalue weighted by atomic mass is 9.79. The van der Waals surface area contributed by atoms with Gasteiger partial charge in [-0.1, -0.05) is 0 Å². The lowest BCUT2D eigenvalue weighted by Crippen LogP contribution is -2.16. The lowest BCUT2D eigenvalue weighted by Gasteiger charge is -2.28. The van der Waals surface area contributed by atoms with Gasteiger partial charge in [0.25, 0.3) is 0 Å². The van der Waals surface area contributed by atoms with Crippen LogP contribution in [-0.4, -0.2) is 18.8 Å². The molecule has 2 nitrogen and oxygen atoms in total. The zero-order valence-corrected chi connectivity index (χ0v) is 10.2. The summed E-state index contributed by atoms with van der Waals surface area (Å²) in [5, 5.41) is 9.09. The molecule has 1 aliphatic rings. The predicted octanol–water partition coefficient (Wildman–Crippen LogP) is 3.10. The van der Waals surface area contributed by atoms with E-state index in [1.807, 2.05) is 0 Å². The van der Waals surface area contributed by atoms with Crippen LogP contribution in [-0.2, 0) is 0 Å². The molecule has 0 saturated heterocycles. The van der Waals surface area contributed by atoms with E-state index in [0.29, 0.717) is 11.7 Å². The molecule has 0 heterocycles. The molecule has 1 aromatic rings. The Balaban J connectivity index is 2.12. The van der Waals surface area contributed by atoms with E-state index < -0.39 is 0 Å². The van der Waals surface area contributed by atoms with Crippen molar-refractivity contribution in [2.75, 3.05) is 13.7 Å². The maximum Gasteiger partial charge on any atom is 0.126 e. The van der Waals surface area contributed by atoms with Crippen LogP contribution in [0.2, 0.25) is 0 Å². The molecule has 17 heavy (non-hydrogen) atoms. The van der Waals surface area contributed by atoms with Crippen molar-refractivity contribution < 1.29 is 14.2 Å². The zero-order chi connectivity index (χ0) is 12.3.